The summed E-state index contributed by atoms with van der Waals surface area (Å²) in [4.78, 5) is 27.8. The lowest BCUT2D eigenvalue weighted by Crippen LogP contribution is -2.25. The highest BCUT2D eigenvalue weighted by atomic mass is 31.2. The molecule has 0 aliphatic carbocycles. The van der Waals surface area contributed by atoms with Crippen molar-refractivity contribution in [2.24, 2.45) is 0 Å². The number of hydrogen-bond donors (Lipinski definition) is 3. The quantitative estimate of drug-likeness (QED) is 0.648. The van der Waals surface area contributed by atoms with Crippen LogP contribution in [0.5, 0.6) is 0 Å². The average molecular weight is 260 g/mol. The van der Waals surface area contributed by atoms with Crippen LogP contribution < -0.4 is 10.2 Å². The van der Waals surface area contributed by atoms with E-state index in [-0.39, 0.29) is 0 Å². The van der Waals surface area contributed by atoms with Crippen molar-refractivity contribution in [1.29, 1.82) is 0 Å². The highest BCUT2D eigenvalue weighted by Crippen LogP contribution is 2.39. The van der Waals surface area contributed by atoms with Crippen LogP contribution in [0.25, 0.3) is 0 Å². The van der Waals surface area contributed by atoms with E-state index in [9.17, 15) is 4.57 Å². The fourth-order valence-electron chi connectivity index (χ4n) is 1.05. The smallest absolute Gasteiger partial charge is 0.342 e. The van der Waals surface area contributed by atoms with Crippen molar-refractivity contribution >= 4 is 13.5 Å². The van der Waals surface area contributed by atoms with Gasteiger partial charge in [-0.3, -0.25) is 9.88 Å². The van der Waals surface area contributed by atoms with Gasteiger partial charge < -0.3 is 14.7 Å². The van der Waals surface area contributed by atoms with Crippen LogP contribution in [0.4, 0.5) is 5.95 Å². The molecule has 0 fully saturated rings. The van der Waals surface area contributed by atoms with Gasteiger partial charge in [-0.25, -0.2) is 9.97 Å². The summed E-state index contributed by atoms with van der Waals surface area (Å²) in [5.74, 6) is -0.284. The first-order valence-electron chi connectivity index (χ1n) is 5.07. The van der Waals surface area contributed by atoms with Crippen molar-refractivity contribution in [1.82, 2.24) is 15.3 Å². The standard InChI is InChI=1S/C9H17N4O3P/c1-7(17(14,15)16)10-4-8-5-11-9(12-6-8)13(2)3/h5-7,10H,4H2,1-3H3,(H2,14,15,16)/t7-/m1/s1. The normalized spacial score (nSPS) is 13.5. The van der Waals surface area contributed by atoms with E-state index in [1.54, 1.807) is 17.3 Å². The van der Waals surface area contributed by atoms with Gasteiger partial charge in [0.1, 0.15) is 5.78 Å². The third kappa shape index (κ3) is 4.40. The summed E-state index contributed by atoms with van der Waals surface area (Å²) in [5.41, 5.74) is 0.774. The van der Waals surface area contributed by atoms with E-state index in [2.05, 4.69) is 15.3 Å². The second-order valence-corrected chi connectivity index (χ2v) is 5.88. The maximum Gasteiger partial charge on any atom is 0.342 e. The molecule has 1 aromatic heterocycles. The van der Waals surface area contributed by atoms with Crippen LogP contribution in [0.15, 0.2) is 12.4 Å². The Morgan fingerprint density at radius 1 is 1.41 bits per heavy atom. The van der Waals surface area contributed by atoms with E-state index in [1.165, 1.54) is 6.92 Å². The topological polar surface area (TPSA) is 98.6 Å². The van der Waals surface area contributed by atoms with E-state index < -0.39 is 13.4 Å². The van der Waals surface area contributed by atoms with Crippen LogP contribution in [-0.4, -0.2) is 39.6 Å². The molecule has 0 radical (unpaired) electrons. The lowest BCUT2D eigenvalue weighted by molar-refractivity contribution is 0.350. The first-order valence-corrected chi connectivity index (χ1v) is 6.75. The summed E-state index contributed by atoms with van der Waals surface area (Å²) >= 11 is 0. The SMILES string of the molecule is C[C@H](NCc1cnc(N(C)C)nc1)P(=O)(O)O. The third-order valence-corrected chi connectivity index (χ3v) is 3.39. The molecule has 0 saturated carbocycles. The number of anilines is 1. The molecular formula is C9H17N4O3P. The van der Waals surface area contributed by atoms with Gasteiger partial charge in [0.15, 0.2) is 0 Å². The number of nitrogens with zero attached hydrogens (tertiary/aromatic N) is 3. The number of hydrogen-bond acceptors (Lipinski definition) is 5. The zero-order valence-electron chi connectivity index (χ0n) is 10.0. The van der Waals surface area contributed by atoms with Crippen molar-refractivity contribution in [2.75, 3.05) is 19.0 Å². The van der Waals surface area contributed by atoms with E-state index in [1.807, 2.05) is 14.1 Å². The molecule has 96 valence electrons. The van der Waals surface area contributed by atoms with E-state index in [0.717, 1.165) is 5.56 Å². The number of aromatic nitrogens is 2. The number of rotatable bonds is 5. The second kappa shape index (κ2) is 5.55. The van der Waals surface area contributed by atoms with Crippen LogP contribution in [0, 0.1) is 0 Å². The van der Waals surface area contributed by atoms with Gasteiger partial charge in [0.25, 0.3) is 0 Å². The lowest BCUT2D eigenvalue weighted by Gasteiger charge is -2.15. The van der Waals surface area contributed by atoms with Crippen molar-refractivity contribution in [3.05, 3.63) is 18.0 Å². The van der Waals surface area contributed by atoms with Gasteiger partial charge in [0.2, 0.25) is 5.95 Å². The molecule has 1 aromatic rings. The molecular weight excluding hydrogens is 243 g/mol. The van der Waals surface area contributed by atoms with Gasteiger partial charge in [-0.1, -0.05) is 0 Å². The summed E-state index contributed by atoms with van der Waals surface area (Å²) in [7, 11) is -0.406. The maximum absolute atomic E-state index is 10.9. The van der Waals surface area contributed by atoms with Gasteiger partial charge in [-0.15, -0.1) is 0 Å². The third-order valence-electron chi connectivity index (χ3n) is 2.20. The molecule has 0 aliphatic heterocycles. The van der Waals surface area contributed by atoms with Crippen LogP contribution in [-0.2, 0) is 11.1 Å². The summed E-state index contributed by atoms with van der Waals surface area (Å²) in [5, 5.41) is 2.73. The fraction of sp³-hybridized carbons (Fsp3) is 0.556. The second-order valence-electron chi connectivity index (χ2n) is 3.93. The van der Waals surface area contributed by atoms with Gasteiger partial charge in [-0.2, -0.15) is 0 Å². The molecule has 1 heterocycles. The molecule has 0 unspecified atom stereocenters. The van der Waals surface area contributed by atoms with Crippen molar-refractivity contribution < 1.29 is 14.4 Å². The van der Waals surface area contributed by atoms with Crippen molar-refractivity contribution in [3.8, 4) is 0 Å². The Bertz CT molecular complexity index is 403. The molecule has 0 bridgehead atoms. The molecule has 0 saturated heterocycles. The zero-order chi connectivity index (χ0) is 13.1. The van der Waals surface area contributed by atoms with Crippen LogP contribution in [0.3, 0.4) is 0 Å². The largest absolute Gasteiger partial charge is 0.347 e. The molecule has 0 aromatic carbocycles. The molecule has 3 N–H and O–H groups in total. The van der Waals surface area contributed by atoms with Crippen LogP contribution in [0.2, 0.25) is 0 Å². The van der Waals surface area contributed by atoms with E-state index in [4.69, 9.17) is 9.79 Å². The lowest BCUT2D eigenvalue weighted by atomic mass is 10.3. The first-order chi connectivity index (χ1) is 7.80. The highest BCUT2D eigenvalue weighted by molar-refractivity contribution is 7.52. The minimum Gasteiger partial charge on any atom is -0.347 e. The molecule has 1 rings (SSSR count). The molecule has 8 heteroatoms. The predicted octanol–water partition coefficient (Wildman–Crippen LogP) is 0.156. The highest BCUT2D eigenvalue weighted by Gasteiger charge is 2.22. The van der Waals surface area contributed by atoms with Crippen molar-refractivity contribution in [2.45, 2.75) is 19.3 Å². The summed E-state index contributed by atoms with van der Waals surface area (Å²) < 4.78 is 10.9. The van der Waals surface area contributed by atoms with E-state index >= 15 is 0 Å². The summed E-state index contributed by atoms with van der Waals surface area (Å²) in [6.45, 7) is 1.76. The zero-order valence-corrected chi connectivity index (χ0v) is 10.9. The number of nitrogens with one attached hydrogen (secondary N) is 1. The molecule has 1 atom stereocenters. The van der Waals surface area contributed by atoms with Gasteiger partial charge in [-0.05, 0) is 6.92 Å². The predicted molar refractivity (Wildman–Crippen MR) is 64.7 cm³/mol. The summed E-state index contributed by atoms with van der Waals surface area (Å²) in [6, 6.07) is 0. The molecule has 17 heavy (non-hydrogen) atoms. The Hall–Kier alpha value is -1.01. The Kier molecular flexibility index (Phi) is 4.59. The molecule has 7 nitrogen and oxygen atoms in total. The minimum atomic E-state index is -4.08. The van der Waals surface area contributed by atoms with Crippen molar-refractivity contribution in [3.63, 3.8) is 0 Å². The first kappa shape index (κ1) is 14.1. The van der Waals surface area contributed by atoms with E-state index in [0.29, 0.717) is 12.5 Å². The molecule has 0 amide bonds. The van der Waals surface area contributed by atoms with Gasteiger partial charge in [0.05, 0.1) is 0 Å². The summed E-state index contributed by atoms with van der Waals surface area (Å²) in [6.07, 6.45) is 3.25. The van der Waals surface area contributed by atoms with Gasteiger partial charge in [0, 0.05) is 38.6 Å². The monoisotopic (exact) mass is 260 g/mol. The Morgan fingerprint density at radius 2 is 1.94 bits per heavy atom. The molecule has 0 spiro atoms. The molecule has 0 aliphatic rings. The fourth-order valence-corrected chi connectivity index (χ4v) is 1.38. The Labute approximate surface area is 100 Å². The van der Waals surface area contributed by atoms with Crippen LogP contribution in [0.1, 0.15) is 12.5 Å². The van der Waals surface area contributed by atoms with Gasteiger partial charge >= 0.3 is 7.60 Å². The Morgan fingerprint density at radius 3 is 2.35 bits per heavy atom. The Balaban J connectivity index is 2.56. The minimum absolute atomic E-state index is 0.319. The van der Waals surface area contributed by atoms with Crippen LogP contribution >= 0.6 is 7.60 Å². The maximum atomic E-state index is 10.9. The average Bonchev–Trinajstić information content (AvgIpc) is 2.25.